The maximum atomic E-state index is 12.4. The fourth-order valence-corrected chi connectivity index (χ4v) is 9.46. The minimum absolute atomic E-state index is 0.0161. The lowest BCUT2D eigenvalue weighted by Crippen LogP contribution is -2.45. The van der Waals surface area contributed by atoms with Crippen molar-refractivity contribution in [3.63, 3.8) is 0 Å². The summed E-state index contributed by atoms with van der Waals surface area (Å²) in [6, 6.07) is -0.539. The molecule has 0 aromatic rings. The van der Waals surface area contributed by atoms with Gasteiger partial charge in [0.2, 0.25) is 5.91 Å². The van der Waals surface area contributed by atoms with Crippen molar-refractivity contribution in [3.05, 3.63) is 12.2 Å². The summed E-state index contributed by atoms with van der Waals surface area (Å²) in [6.07, 6.45) is 66.6. The van der Waals surface area contributed by atoms with Crippen LogP contribution in [0.25, 0.3) is 0 Å². The van der Waals surface area contributed by atoms with E-state index >= 15 is 0 Å². The molecule has 392 valence electrons. The lowest BCUT2D eigenvalue weighted by Gasteiger charge is -2.22. The Morgan fingerprint density at radius 3 is 1.08 bits per heavy atom. The second-order valence-electron chi connectivity index (χ2n) is 20.7. The van der Waals surface area contributed by atoms with Gasteiger partial charge in [0.1, 0.15) is 0 Å². The van der Waals surface area contributed by atoms with Crippen LogP contribution in [0.15, 0.2) is 12.2 Å². The zero-order chi connectivity index (χ0) is 47.9. The summed E-state index contributed by atoms with van der Waals surface area (Å²) in [7, 11) is 0. The monoisotopic (exact) mass is 932 g/mol. The van der Waals surface area contributed by atoms with Crippen LogP contribution >= 0.6 is 0 Å². The van der Waals surface area contributed by atoms with Gasteiger partial charge in [-0.15, -0.1) is 0 Å². The first kappa shape index (κ1) is 64.6. The van der Waals surface area contributed by atoms with E-state index in [1.807, 2.05) is 0 Å². The van der Waals surface area contributed by atoms with Crippen LogP contribution < -0.4 is 5.32 Å². The number of esters is 1. The van der Waals surface area contributed by atoms with E-state index in [-0.39, 0.29) is 18.5 Å². The highest BCUT2D eigenvalue weighted by Crippen LogP contribution is 2.17. The first-order chi connectivity index (χ1) is 32.5. The highest BCUT2D eigenvalue weighted by atomic mass is 16.5. The molecule has 0 aliphatic carbocycles. The van der Waals surface area contributed by atoms with Crippen molar-refractivity contribution in [1.29, 1.82) is 0 Å². The number of rotatable bonds is 56. The van der Waals surface area contributed by atoms with E-state index in [1.165, 1.54) is 263 Å². The maximum Gasteiger partial charge on any atom is 0.305 e. The summed E-state index contributed by atoms with van der Waals surface area (Å²) in [5, 5.41) is 23.1. The SMILES string of the molecule is CCCCCCCCCCCCCCC(=O)OCCCCCCCCCCCCCC/C=C\CCCCCCCCCCCCCC(=O)NC(CO)C(O)CCCCCCCCCCCC. The minimum atomic E-state index is -0.662. The lowest BCUT2D eigenvalue weighted by atomic mass is 10.0. The van der Waals surface area contributed by atoms with E-state index < -0.39 is 12.1 Å². The number of nitrogens with one attached hydrogen (secondary N) is 1. The molecular formula is C60H117NO5. The largest absolute Gasteiger partial charge is 0.466 e. The Labute approximate surface area is 412 Å². The van der Waals surface area contributed by atoms with Gasteiger partial charge in [-0.2, -0.15) is 0 Å². The lowest BCUT2D eigenvalue weighted by molar-refractivity contribution is -0.143. The molecule has 0 aliphatic heterocycles. The zero-order valence-corrected chi connectivity index (χ0v) is 44.7. The fourth-order valence-electron chi connectivity index (χ4n) is 9.46. The molecule has 0 heterocycles. The summed E-state index contributed by atoms with van der Waals surface area (Å²) in [5.41, 5.74) is 0. The second-order valence-corrected chi connectivity index (χ2v) is 20.7. The molecular weight excluding hydrogens is 815 g/mol. The molecule has 0 fully saturated rings. The molecule has 1 amide bonds. The number of carbonyl (C=O) groups is 2. The predicted octanol–water partition coefficient (Wildman–Crippen LogP) is 18.5. The number of amides is 1. The standard InChI is InChI=1S/C60H117NO5/c1-3-5-7-9-11-13-15-34-38-42-46-50-54-60(65)66-55-51-47-43-39-35-32-30-28-26-24-22-20-18-16-17-19-21-23-25-27-29-31-33-37-41-45-49-53-59(64)61-57(56-62)58(63)52-48-44-40-36-14-12-10-8-6-4-2/h16-17,57-58,62-63H,3-15,18-56H2,1-2H3,(H,61,64)/b17-16-. The Kier molecular flexibility index (Phi) is 55.0. The molecule has 0 aromatic carbocycles. The van der Waals surface area contributed by atoms with Crippen molar-refractivity contribution in [3.8, 4) is 0 Å². The van der Waals surface area contributed by atoms with Crippen molar-refractivity contribution in [1.82, 2.24) is 5.32 Å². The van der Waals surface area contributed by atoms with Crippen LogP contribution in [0.1, 0.15) is 335 Å². The molecule has 0 saturated heterocycles. The van der Waals surface area contributed by atoms with Gasteiger partial charge in [0.25, 0.3) is 0 Å². The normalized spacial score (nSPS) is 12.6. The van der Waals surface area contributed by atoms with E-state index in [0.29, 0.717) is 25.9 Å². The molecule has 0 bridgehead atoms. The van der Waals surface area contributed by atoms with Gasteiger partial charge < -0.3 is 20.3 Å². The van der Waals surface area contributed by atoms with Crippen LogP contribution in [0.3, 0.4) is 0 Å². The quantitative estimate of drug-likeness (QED) is 0.0321. The average molecular weight is 933 g/mol. The molecule has 0 spiro atoms. The van der Waals surface area contributed by atoms with Gasteiger partial charge in [0, 0.05) is 12.8 Å². The first-order valence-corrected chi connectivity index (χ1v) is 29.9. The summed E-state index contributed by atoms with van der Waals surface area (Å²) in [6.45, 7) is 4.95. The number of allylic oxidation sites excluding steroid dienone is 2. The van der Waals surface area contributed by atoms with Crippen LogP contribution in [0.2, 0.25) is 0 Å². The number of carbonyl (C=O) groups excluding carboxylic acids is 2. The summed E-state index contributed by atoms with van der Waals surface area (Å²) in [4.78, 5) is 24.4. The molecule has 3 N–H and O–H groups in total. The van der Waals surface area contributed by atoms with Crippen molar-refractivity contribution in [2.75, 3.05) is 13.2 Å². The van der Waals surface area contributed by atoms with E-state index in [1.54, 1.807) is 0 Å². The van der Waals surface area contributed by atoms with Crippen LogP contribution in [0, 0.1) is 0 Å². The van der Waals surface area contributed by atoms with Crippen molar-refractivity contribution in [2.45, 2.75) is 347 Å². The molecule has 6 nitrogen and oxygen atoms in total. The molecule has 66 heavy (non-hydrogen) atoms. The van der Waals surface area contributed by atoms with Crippen molar-refractivity contribution < 1.29 is 24.5 Å². The molecule has 0 aromatic heterocycles. The molecule has 6 heteroatoms. The Morgan fingerprint density at radius 1 is 0.409 bits per heavy atom. The van der Waals surface area contributed by atoms with E-state index in [2.05, 4.69) is 31.3 Å². The van der Waals surface area contributed by atoms with Gasteiger partial charge in [0.05, 0.1) is 25.4 Å². The van der Waals surface area contributed by atoms with Gasteiger partial charge in [-0.1, -0.05) is 283 Å². The summed E-state index contributed by atoms with van der Waals surface area (Å²) < 4.78 is 5.47. The Balaban J connectivity index is 3.35. The third-order valence-electron chi connectivity index (χ3n) is 14.1. The molecule has 0 aliphatic rings. The number of aliphatic hydroxyl groups is 2. The molecule has 2 unspecified atom stereocenters. The van der Waals surface area contributed by atoms with Gasteiger partial charge in [0.15, 0.2) is 0 Å². The number of unbranched alkanes of at least 4 members (excludes halogenated alkanes) is 43. The number of aliphatic hydroxyl groups excluding tert-OH is 2. The second kappa shape index (κ2) is 56.2. The summed E-state index contributed by atoms with van der Waals surface area (Å²) >= 11 is 0. The molecule has 2 atom stereocenters. The van der Waals surface area contributed by atoms with Gasteiger partial charge >= 0.3 is 5.97 Å². The van der Waals surface area contributed by atoms with Gasteiger partial charge in [-0.05, 0) is 51.4 Å². The third-order valence-corrected chi connectivity index (χ3v) is 14.1. The molecule has 0 rings (SSSR count). The third kappa shape index (κ3) is 52.0. The molecule has 0 saturated carbocycles. The van der Waals surface area contributed by atoms with Crippen LogP contribution in [-0.2, 0) is 14.3 Å². The van der Waals surface area contributed by atoms with Crippen LogP contribution in [0.4, 0.5) is 0 Å². The highest BCUT2D eigenvalue weighted by Gasteiger charge is 2.20. The smallest absolute Gasteiger partial charge is 0.305 e. The Hall–Kier alpha value is -1.40. The molecule has 0 radical (unpaired) electrons. The first-order valence-electron chi connectivity index (χ1n) is 29.9. The average Bonchev–Trinajstić information content (AvgIpc) is 3.32. The predicted molar refractivity (Wildman–Crippen MR) is 287 cm³/mol. The van der Waals surface area contributed by atoms with Crippen LogP contribution in [0.5, 0.6) is 0 Å². The fraction of sp³-hybridized carbons (Fsp3) is 0.933. The Morgan fingerprint density at radius 2 is 0.712 bits per heavy atom. The highest BCUT2D eigenvalue weighted by molar-refractivity contribution is 5.76. The number of hydrogen-bond donors (Lipinski definition) is 3. The summed E-state index contributed by atoms with van der Waals surface area (Å²) in [5.74, 6) is -0.0201. The van der Waals surface area contributed by atoms with Crippen molar-refractivity contribution >= 4 is 11.9 Å². The topological polar surface area (TPSA) is 95.9 Å². The van der Waals surface area contributed by atoms with Crippen LogP contribution in [-0.4, -0.2) is 47.4 Å². The maximum absolute atomic E-state index is 12.4. The Bertz CT molecular complexity index is 986. The minimum Gasteiger partial charge on any atom is -0.466 e. The number of ether oxygens (including phenoxy) is 1. The van der Waals surface area contributed by atoms with Gasteiger partial charge in [-0.3, -0.25) is 9.59 Å². The zero-order valence-electron chi connectivity index (χ0n) is 44.7. The van der Waals surface area contributed by atoms with Crippen molar-refractivity contribution in [2.24, 2.45) is 0 Å². The van der Waals surface area contributed by atoms with E-state index in [9.17, 15) is 19.8 Å². The van der Waals surface area contributed by atoms with E-state index in [4.69, 9.17) is 4.74 Å². The number of hydrogen-bond acceptors (Lipinski definition) is 5. The van der Waals surface area contributed by atoms with Gasteiger partial charge in [-0.25, -0.2) is 0 Å². The van der Waals surface area contributed by atoms with E-state index in [0.717, 1.165) is 38.5 Å².